The third kappa shape index (κ3) is 8.03. The molecule has 0 saturated heterocycles. The second kappa shape index (κ2) is 10.0. The van der Waals surface area contributed by atoms with Crippen molar-refractivity contribution in [3.63, 3.8) is 0 Å². The minimum atomic E-state index is -1.78. The van der Waals surface area contributed by atoms with Gasteiger partial charge in [0.05, 0.1) is 13.2 Å². The van der Waals surface area contributed by atoms with Gasteiger partial charge in [-0.25, -0.2) is 14.4 Å². The molecule has 0 aliphatic heterocycles. The third-order valence-corrected chi connectivity index (χ3v) is 8.37. The minimum absolute atomic E-state index is 0.0720. The van der Waals surface area contributed by atoms with Crippen molar-refractivity contribution in [2.75, 3.05) is 19.8 Å². The molecule has 0 unspecified atom stereocenters. The smallest absolute Gasteiger partial charge is 0.345 e. The lowest BCUT2D eigenvalue weighted by Gasteiger charge is -2.31. The Morgan fingerprint density at radius 2 is 1.44 bits per heavy atom. The maximum atomic E-state index is 11.8. The first-order valence-corrected chi connectivity index (χ1v) is 11.2. The van der Waals surface area contributed by atoms with Crippen LogP contribution in [0.3, 0.4) is 0 Å². The first kappa shape index (κ1) is 22.9. The van der Waals surface area contributed by atoms with Gasteiger partial charge in [-0.15, -0.1) is 5.54 Å². The minimum Gasteiger partial charge on any atom is -0.462 e. The molecule has 0 heterocycles. The predicted octanol–water partition coefficient (Wildman–Crippen LogP) is 2.63. The molecule has 0 aromatic heterocycles. The molecule has 0 bridgehead atoms. The average Bonchev–Trinajstić information content (AvgIpc) is 2.48. The molecule has 140 valence electrons. The summed E-state index contributed by atoms with van der Waals surface area (Å²) in [7, 11) is -1.78. The van der Waals surface area contributed by atoms with E-state index in [1.807, 2.05) is 0 Å². The monoisotopic (exact) mass is 368 g/mol. The molecule has 7 heteroatoms. The molecule has 0 fully saturated rings. The molecule has 0 saturated carbocycles. The summed E-state index contributed by atoms with van der Waals surface area (Å²) in [6.07, 6.45) is 0.782. The number of hydrogen-bond acceptors (Lipinski definition) is 6. The van der Waals surface area contributed by atoms with Crippen molar-refractivity contribution >= 4 is 26.0 Å². The van der Waals surface area contributed by atoms with E-state index >= 15 is 0 Å². The van der Waals surface area contributed by atoms with E-state index in [2.05, 4.69) is 45.3 Å². The molecule has 0 aromatic rings. The summed E-state index contributed by atoms with van der Waals surface area (Å²) >= 11 is 0. The van der Waals surface area contributed by atoms with E-state index in [0.717, 1.165) is 6.08 Å². The zero-order valence-corrected chi connectivity index (χ0v) is 17.1. The summed E-state index contributed by atoms with van der Waals surface area (Å²) in [6, 6.07) is 0. The van der Waals surface area contributed by atoms with Crippen LogP contribution in [-0.4, -0.2) is 45.8 Å². The van der Waals surface area contributed by atoms with Crippen LogP contribution in [0.2, 0.25) is 18.1 Å². The highest BCUT2D eigenvalue weighted by Gasteiger charge is 2.33. The quantitative estimate of drug-likeness (QED) is 0.136. The van der Waals surface area contributed by atoms with Crippen LogP contribution in [0, 0.1) is 11.5 Å². The molecule has 0 aliphatic carbocycles. The van der Waals surface area contributed by atoms with Gasteiger partial charge in [0.25, 0.3) is 0 Å². The van der Waals surface area contributed by atoms with Crippen LogP contribution in [-0.2, 0) is 28.6 Å². The van der Waals surface area contributed by atoms with Crippen molar-refractivity contribution < 1.29 is 28.6 Å². The Morgan fingerprint density at radius 1 is 0.960 bits per heavy atom. The lowest BCUT2D eigenvalue weighted by atomic mass is 10.2. The molecule has 0 rings (SSSR count). The molecular weight excluding hydrogens is 340 g/mol. The van der Waals surface area contributed by atoms with E-state index in [1.54, 1.807) is 13.8 Å². The predicted molar refractivity (Wildman–Crippen MR) is 97.3 cm³/mol. The molecule has 0 N–H and O–H groups in total. The maximum absolute atomic E-state index is 11.8. The van der Waals surface area contributed by atoms with Crippen LogP contribution in [0.4, 0.5) is 0 Å². The molecule has 0 atom stereocenters. The van der Waals surface area contributed by atoms with Gasteiger partial charge >= 0.3 is 17.9 Å². The Labute approximate surface area is 150 Å². The summed E-state index contributed by atoms with van der Waals surface area (Å²) < 4.78 is 14.4. The van der Waals surface area contributed by atoms with Gasteiger partial charge in [0, 0.05) is 6.08 Å². The van der Waals surface area contributed by atoms with E-state index in [-0.39, 0.29) is 24.9 Å². The SMILES string of the molecule is CCOC(=O)C(=CC(=O)OCC#C[Si](C)(C)C(C)(C)C)C(=O)OCC. The molecule has 0 amide bonds. The van der Waals surface area contributed by atoms with Crippen LogP contribution in [0.25, 0.3) is 0 Å². The lowest BCUT2D eigenvalue weighted by molar-refractivity contribution is -0.148. The average molecular weight is 369 g/mol. The van der Waals surface area contributed by atoms with Gasteiger partial charge in [-0.3, -0.25) is 0 Å². The van der Waals surface area contributed by atoms with Crippen molar-refractivity contribution in [1.29, 1.82) is 0 Å². The number of esters is 3. The molecule has 6 nitrogen and oxygen atoms in total. The highest BCUT2D eigenvalue weighted by Crippen LogP contribution is 2.34. The Morgan fingerprint density at radius 3 is 1.84 bits per heavy atom. The van der Waals surface area contributed by atoms with Crippen molar-refractivity contribution in [3.05, 3.63) is 11.6 Å². The van der Waals surface area contributed by atoms with Gasteiger partial charge in [0.1, 0.15) is 8.07 Å². The normalized spacial score (nSPS) is 10.8. The van der Waals surface area contributed by atoms with Crippen LogP contribution in [0.1, 0.15) is 34.6 Å². The first-order valence-electron chi connectivity index (χ1n) is 8.19. The number of hydrogen-bond donors (Lipinski definition) is 0. The van der Waals surface area contributed by atoms with Crippen molar-refractivity contribution in [2.45, 2.75) is 52.8 Å². The van der Waals surface area contributed by atoms with Gasteiger partial charge in [0.2, 0.25) is 0 Å². The first-order chi connectivity index (χ1) is 11.5. The van der Waals surface area contributed by atoms with Crippen molar-refractivity contribution in [3.8, 4) is 11.5 Å². The van der Waals surface area contributed by atoms with Crippen molar-refractivity contribution in [1.82, 2.24) is 0 Å². The zero-order valence-electron chi connectivity index (χ0n) is 16.1. The maximum Gasteiger partial charge on any atom is 0.345 e. The largest absolute Gasteiger partial charge is 0.462 e. The fraction of sp³-hybridized carbons (Fsp3) is 0.611. The third-order valence-electron chi connectivity index (χ3n) is 3.82. The summed E-state index contributed by atoms with van der Waals surface area (Å²) in [5, 5.41) is 0.102. The van der Waals surface area contributed by atoms with Crippen LogP contribution >= 0.6 is 0 Å². The summed E-state index contributed by atoms with van der Waals surface area (Å²) in [4.78, 5) is 35.3. The number of ether oxygens (including phenoxy) is 3. The van der Waals surface area contributed by atoms with Crippen LogP contribution < -0.4 is 0 Å². The second-order valence-corrected chi connectivity index (χ2v) is 11.8. The van der Waals surface area contributed by atoms with Gasteiger partial charge < -0.3 is 14.2 Å². The van der Waals surface area contributed by atoms with Crippen LogP contribution in [0.5, 0.6) is 0 Å². The number of rotatable bonds is 6. The van der Waals surface area contributed by atoms with Gasteiger partial charge in [-0.2, -0.15) is 0 Å². The summed E-state index contributed by atoms with van der Waals surface area (Å²) in [5.74, 6) is 0.154. The van der Waals surface area contributed by atoms with E-state index in [1.165, 1.54) is 0 Å². The summed E-state index contributed by atoms with van der Waals surface area (Å²) in [5.41, 5.74) is 2.71. The van der Waals surface area contributed by atoms with E-state index in [4.69, 9.17) is 14.2 Å². The van der Waals surface area contributed by atoms with Gasteiger partial charge in [-0.1, -0.05) is 39.8 Å². The Kier molecular flexibility index (Phi) is 9.21. The van der Waals surface area contributed by atoms with Gasteiger partial charge in [0.15, 0.2) is 12.2 Å². The highest BCUT2D eigenvalue weighted by atomic mass is 28.3. The topological polar surface area (TPSA) is 78.9 Å². The fourth-order valence-corrected chi connectivity index (χ4v) is 2.22. The van der Waals surface area contributed by atoms with Gasteiger partial charge in [-0.05, 0) is 18.9 Å². The molecule has 25 heavy (non-hydrogen) atoms. The standard InChI is InChI=1S/C18H28O6Si/c1-8-22-16(20)14(17(21)23-9-2)13-15(19)24-11-10-12-25(6,7)18(3,4)5/h13H,8-9,11H2,1-7H3. The Hall–Kier alpha value is -2.07. The molecule has 0 aliphatic rings. The lowest BCUT2D eigenvalue weighted by Crippen LogP contribution is -2.35. The Balaban J connectivity index is 5.00. The highest BCUT2D eigenvalue weighted by molar-refractivity contribution is 6.87. The molecule has 0 radical (unpaired) electrons. The fourth-order valence-electron chi connectivity index (χ4n) is 1.33. The molecule has 0 aromatic carbocycles. The number of carbonyl (C=O) groups is 3. The molecule has 0 spiro atoms. The zero-order chi connectivity index (χ0) is 19.7. The van der Waals surface area contributed by atoms with Crippen molar-refractivity contribution in [2.24, 2.45) is 0 Å². The van der Waals surface area contributed by atoms with E-state index in [9.17, 15) is 14.4 Å². The summed E-state index contributed by atoms with van der Waals surface area (Å²) in [6.45, 7) is 13.9. The van der Waals surface area contributed by atoms with E-state index < -0.39 is 31.6 Å². The second-order valence-electron chi connectivity index (χ2n) is 6.78. The van der Waals surface area contributed by atoms with E-state index in [0.29, 0.717) is 0 Å². The molecular formula is C18H28O6Si. The number of carbonyl (C=O) groups excluding carboxylic acids is 3. The van der Waals surface area contributed by atoms with Crippen LogP contribution in [0.15, 0.2) is 11.6 Å². The Bertz CT molecular complexity index is 567.